The Balaban J connectivity index is 2.55. The normalized spacial score (nSPS) is 14.3. The Labute approximate surface area is 108 Å². The van der Waals surface area contributed by atoms with Crippen molar-refractivity contribution in [2.24, 2.45) is 4.40 Å². The maximum absolute atomic E-state index is 11.6. The van der Waals surface area contributed by atoms with Gasteiger partial charge in [-0.2, -0.15) is 0 Å². The smallest absolute Gasteiger partial charge is 0.144 e. The molecule has 1 heterocycles. The van der Waals surface area contributed by atoms with Gasteiger partial charge in [-0.3, -0.25) is 0 Å². The van der Waals surface area contributed by atoms with Crippen LogP contribution >= 0.6 is 15.9 Å². The van der Waals surface area contributed by atoms with Crippen LogP contribution in [0.1, 0.15) is 26.5 Å². The van der Waals surface area contributed by atoms with E-state index in [0.717, 1.165) is 10.3 Å². The van der Waals surface area contributed by atoms with E-state index in [-0.39, 0.29) is 4.75 Å². The molecule has 0 N–H and O–H groups in total. The molecule has 0 aliphatic heterocycles. The molecule has 0 radical (unpaired) electrons. The van der Waals surface area contributed by atoms with E-state index in [9.17, 15) is 4.55 Å². The van der Waals surface area contributed by atoms with Gasteiger partial charge in [0.05, 0.1) is 6.21 Å². The highest BCUT2D eigenvalue weighted by atomic mass is 79.9. The van der Waals surface area contributed by atoms with E-state index in [1.165, 1.54) is 0 Å². The first kappa shape index (κ1) is 13.7. The first-order chi connectivity index (χ1) is 7.39. The Bertz CT molecular complexity index is 376. The molecule has 0 amide bonds. The molecule has 0 aromatic carbocycles. The summed E-state index contributed by atoms with van der Waals surface area (Å²) in [5.74, 6) is 0. The minimum atomic E-state index is -1.19. The van der Waals surface area contributed by atoms with Crippen LogP contribution in [0.5, 0.6) is 0 Å². The van der Waals surface area contributed by atoms with Crippen LogP contribution < -0.4 is 0 Å². The lowest BCUT2D eigenvalue weighted by molar-refractivity contribution is 0.561. The molecule has 0 aliphatic carbocycles. The maximum atomic E-state index is 11.6. The molecule has 0 bridgehead atoms. The molecule has 0 spiro atoms. The molecule has 5 heteroatoms. The van der Waals surface area contributed by atoms with Crippen molar-refractivity contribution in [3.05, 3.63) is 28.5 Å². The van der Waals surface area contributed by atoms with Gasteiger partial charge in [0, 0.05) is 12.1 Å². The number of aromatic nitrogens is 1. The summed E-state index contributed by atoms with van der Waals surface area (Å²) in [5, 5.41) is 0. The third-order valence-corrected chi connectivity index (χ3v) is 3.60. The van der Waals surface area contributed by atoms with Gasteiger partial charge in [0.15, 0.2) is 0 Å². The van der Waals surface area contributed by atoms with Crippen molar-refractivity contribution in [2.75, 3.05) is 0 Å². The minimum absolute atomic E-state index is 0.304. The average molecular weight is 303 g/mol. The van der Waals surface area contributed by atoms with Crippen molar-refractivity contribution in [3.63, 3.8) is 0 Å². The second-order valence-corrected chi connectivity index (χ2v) is 7.05. The zero-order valence-corrected chi connectivity index (χ0v) is 12.0. The van der Waals surface area contributed by atoms with Gasteiger partial charge in [0.2, 0.25) is 0 Å². The summed E-state index contributed by atoms with van der Waals surface area (Å²) in [5.41, 5.74) is 0.907. The molecule has 0 unspecified atom stereocenters. The quantitative estimate of drug-likeness (QED) is 0.490. The van der Waals surface area contributed by atoms with Crippen molar-refractivity contribution in [2.45, 2.75) is 31.9 Å². The average Bonchev–Trinajstić information content (AvgIpc) is 2.16. The second kappa shape index (κ2) is 5.80. The first-order valence-electron chi connectivity index (χ1n) is 4.95. The Hall–Kier alpha value is -0.390. The van der Waals surface area contributed by atoms with Gasteiger partial charge in [-0.1, -0.05) is 10.5 Å². The lowest BCUT2D eigenvalue weighted by atomic mass is 10.3. The highest BCUT2D eigenvalue weighted by Gasteiger charge is 2.25. The van der Waals surface area contributed by atoms with Crippen LogP contribution in [0, 0.1) is 0 Å². The lowest BCUT2D eigenvalue weighted by Crippen LogP contribution is -2.25. The van der Waals surface area contributed by atoms with Crippen LogP contribution in [0.3, 0.4) is 0 Å². The summed E-state index contributed by atoms with van der Waals surface area (Å²) < 4.78 is 16.1. The van der Waals surface area contributed by atoms with Gasteiger partial charge >= 0.3 is 0 Å². The van der Waals surface area contributed by atoms with Crippen molar-refractivity contribution < 1.29 is 4.55 Å². The molecule has 1 aromatic heterocycles. The summed E-state index contributed by atoms with van der Waals surface area (Å²) in [6.45, 7) is 5.70. The Kier molecular flexibility index (Phi) is 4.95. The largest absolute Gasteiger partial charge is 0.591 e. The van der Waals surface area contributed by atoms with Gasteiger partial charge in [-0.15, -0.1) is 0 Å². The highest BCUT2D eigenvalue weighted by molar-refractivity contribution is 9.10. The van der Waals surface area contributed by atoms with E-state index in [4.69, 9.17) is 0 Å². The third kappa shape index (κ3) is 4.63. The number of halogens is 1. The number of rotatable bonds is 3. The van der Waals surface area contributed by atoms with Gasteiger partial charge < -0.3 is 4.55 Å². The Morgan fingerprint density at radius 3 is 2.75 bits per heavy atom. The summed E-state index contributed by atoms with van der Waals surface area (Å²) in [6, 6.07) is 5.70. The van der Waals surface area contributed by atoms with Gasteiger partial charge in [-0.05, 0) is 48.8 Å². The van der Waals surface area contributed by atoms with Crippen molar-refractivity contribution in [1.29, 1.82) is 0 Å². The highest BCUT2D eigenvalue weighted by Crippen LogP contribution is 2.16. The molecule has 0 saturated heterocycles. The topological polar surface area (TPSA) is 48.3 Å². The molecular weight excluding hydrogens is 288 g/mol. The van der Waals surface area contributed by atoms with E-state index >= 15 is 0 Å². The molecule has 88 valence electrons. The predicted octanol–water partition coefficient (Wildman–Crippen LogP) is 2.92. The summed E-state index contributed by atoms with van der Waals surface area (Å²) in [4.78, 5) is 4.26. The minimum Gasteiger partial charge on any atom is -0.591 e. The van der Waals surface area contributed by atoms with Crippen LogP contribution in [-0.4, -0.2) is 20.5 Å². The van der Waals surface area contributed by atoms with Crippen molar-refractivity contribution in [1.82, 2.24) is 4.98 Å². The standard InChI is InChI=1S/C11H15BrN2OS/c1-11(2,3)16(15)13-8-7-9-5-4-6-10(12)14-9/h4-6,8H,7H2,1-3H3/b13-8+/t16-/m1/s1. The molecule has 0 aliphatic rings. The van der Waals surface area contributed by atoms with Crippen molar-refractivity contribution in [3.8, 4) is 0 Å². The molecule has 16 heavy (non-hydrogen) atoms. The molecule has 0 fully saturated rings. The van der Waals surface area contributed by atoms with Gasteiger partial charge in [0.1, 0.15) is 20.7 Å². The summed E-state index contributed by atoms with van der Waals surface area (Å²) in [6.07, 6.45) is 2.26. The van der Waals surface area contributed by atoms with Gasteiger partial charge in [0.25, 0.3) is 0 Å². The fraction of sp³-hybridized carbons (Fsp3) is 0.455. The zero-order chi connectivity index (χ0) is 12.2. The predicted molar refractivity (Wildman–Crippen MR) is 72.0 cm³/mol. The first-order valence-corrected chi connectivity index (χ1v) is 6.85. The fourth-order valence-electron chi connectivity index (χ4n) is 0.921. The molecule has 0 saturated carbocycles. The molecule has 1 atom stereocenters. The molecule has 3 nitrogen and oxygen atoms in total. The van der Waals surface area contributed by atoms with E-state index in [1.54, 1.807) is 6.21 Å². The van der Waals surface area contributed by atoms with Crippen LogP contribution in [0.4, 0.5) is 0 Å². The second-order valence-electron chi connectivity index (χ2n) is 4.31. The SMILES string of the molecule is CC(C)(C)[S@@+]([O-])/N=C/Cc1cccc(Br)n1. The molecule has 1 aromatic rings. The number of hydrogen-bond acceptors (Lipinski definition) is 3. The fourth-order valence-corrected chi connectivity index (χ4v) is 1.83. The zero-order valence-electron chi connectivity index (χ0n) is 9.61. The molecular formula is C11H15BrN2OS. The van der Waals surface area contributed by atoms with Crippen LogP contribution in [0.15, 0.2) is 27.2 Å². The Morgan fingerprint density at radius 1 is 1.50 bits per heavy atom. The maximum Gasteiger partial charge on any atom is 0.144 e. The lowest BCUT2D eigenvalue weighted by Gasteiger charge is -2.17. The molecule has 1 rings (SSSR count). The van der Waals surface area contributed by atoms with E-state index in [1.807, 2.05) is 39.0 Å². The number of pyridine rings is 1. The monoisotopic (exact) mass is 302 g/mol. The van der Waals surface area contributed by atoms with Crippen molar-refractivity contribution >= 4 is 33.5 Å². The number of hydrogen-bond donors (Lipinski definition) is 0. The summed E-state index contributed by atoms with van der Waals surface area (Å²) in [7, 11) is 0. The Morgan fingerprint density at radius 2 is 2.19 bits per heavy atom. The number of nitrogens with zero attached hydrogens (tertiary/aromatic N) is 2. The van der Waals surface area contributed by atoms with Gasteiger partial charge in [-0.25, -0.2) is 4.98 Å². The third-order valence-electron chi connectivity index (χ3n) is 1.77. The van der Waals surface area contributed by atoms with Crippen LogP contribution in [0.25, 0.3) is 0 Å². The van der Waals surface area contributed by atoms with E-state index in [2.05, 4.69) is 25.3 Å². The van der Waals surface area contributed by atoms with E-state index in [0.29, 0.717) is 6.42 Å². The van der Waals surface area contributed by atoms with Crippen LogP contribution in [0.2, 0.25) is 0 Å². The van der Waals surface area contributed by atoms with Crippen LogP contribution in [-0.2, 0) is 17.8 Å². The summed E-state index contributed by atoms with van der Waals surface area (Å²) >= 11 is 2.11. The van der Waals surface area contributed by atoms with E-state index < -0.39 is 11.4 Å².